The largest absolute Gasteiger partial charge is 0.391 e. The summed E-state index contributed by atoms with van der Waals surface area (Å²) < 4.78 is 12.1. The van der Waals surface area contributed by atoms with Crippen molar-refractivity contribution in [3.63, 3.8) is 0 Å². The maximum atomic E-state index is 6.05. The molecule has 1 N–H and O–H groups in total. The Morgan fingerprint density at radius 1 is 0.941 bits per heavy atom. The van der Waals surface area contributed by atoms with Crippen LogP contribution in [0.25, 0.3) is 0 Å². The first-order valence-corrected chi connectivity index (χ1v) is 8.46. The normalized spacial score (nSPS) is 13.4. The number of hydrogen-bond donors (Lipinski definition) is 1. The van der Waals surface area contributed by atoms with Crippen molar-refractivity contribution < 1.29 is 8.85 Å². The van der Waals surface area contributed by atoms with Crippen LogP contribution < -0.4 is 5.32 Å². The van der Waals surface area contributed by atoms with Crippen LogP contribution in [0, 0.1) is 0 Å². The van der Waals surface area contributed by atoms with E-state index < -0.39 is 9.28 Å². The first-order chi connectivity index (χ1) is 7.64. The van der Waals surface area contributed by atoms with Crippen molar-refractivity contribution >= 4 is 9.28 Å². The number of hydrogen-bond acceptors (Lipinski definition) is 3. The van der Waals surface area contributed by atoms with Gasteiger partial charge in [0.05, 0.1) is 0 Å². The van der Waals surface area contributed by atoms with Crippen LogP contribution in [-0.4, -0.2) is 33.2 Å². The SMILES string of the molecule is CCCCNC[SiH](OC(C)(C)C)OC(C)(C)C. The lowest BCUT2D eigenvalue weighted by atomic mass is 10.2. The van der Waals surface area contributed by atoms with Crippen LogP contribution in [0.1, 0.15) is 61.3 Å². The van der Waals surface area contributed by atoms with Crippen molar-refractivity contribution in [2.24, 2.45) is 0 Å². The Morgan fingerprint density at radius 2 is 1.41 bits per heavy atom. The fourth-order valence-electron chi connectivity index (χ4n) is 1.42. The van der Waals surface area contributed by atoms with Gasteiger partial charge in [-0.25, -0.2) is 0 Å². The van der Waals surface area contributed by atoms with Crippen LogP contribution in [0.5, 0.6) is 0 Å². The third-order valence-electron chi connectivity index (χ3n) is 1.99. The van der Waals surface area contributed by atoms with Crippen LogP contribution in [0.2, 0.25) is 0 Å². The molecule has 0 saturated heterocycles. The third-order valence-corrected chi connectivity index (χ3v) is 4.55. The molecule has 0 atom stereocenters. The Labute approximate surface area is 109 Å². The van der Waals surface area contributed by atoms with Gasteiger partial charge in [-0.2, -0.15) is 0 Å². The molecule has 0 spiro atoms. The van der Waals surface area contributed by atoms with Crippen molar-refractivity contribution in [3.05, 3.63) is 0 Å². The van der Waals surface area contributed by atoms with Crippen LogP contribution in [0.3, 0.4) is 0 Å². The van der Waals surface area contributed by atoms with E-state index >= 15 is 0 Å². The Kier molecular flexibility index (Phi) is 7.56. The molecule has 0 aromatic rings. The summed E-state index contributed by atoms with van der Waals surface area (Å²) in [6, 6.07) is 0. The maximum Gasteiger partial charge on any atom is 0.336 e. The zero-order chi connectivity index (χ0) is 13.5. The van der Waals surface area contributed by atoms with Crippen molar-refractivity contribution in [3.8, 4) is 0 Å². The van der Waals surface area contributed by atoms with Crippen LogP contribution >= 0.6 is 0 Å². The predicted molar refractivity (Wildman–Crippen MR) is 76.6 cm³/mol. The monoisotopic (exact) mass is 261 g/mol. The highest BCUT2D eigenvalue weighted by Gasteiger charge is 2.26. The minimum Gasteiger partial charge on any atom is -0.391 e. The molecule has 3 nitrogen and oxygen atoms in total. The van der Waals surface area contributed by atoms with E-state index in [-0.39, 0.29) is 11.2 Å². The Balaban J connectivity index is 4.12. The van der Waals surface area contributed by atoms with E-state index in [0.717, 1.165) is 12.7 Å². The molecule has 0 aliphatic carbocycles. The molecule has 104 valence electrons. The Morgan fingerprint density at radius 3 is 1.76 bits per heavy atom. The van der Waals surface area contributed by atoms with E-state index in [1.54, 1.807) is 0 Å². The highest BCUT2D eigenvalue weighted by molar-refractivity contribution is 6.44. The van der Waals surface area contributed by atoms with Crippen molar-refractivity contribution in [2.45, 2.75) is 72.5 Å². The molecule has 0 aromatic carbocycles. The first kappa shape index (κ1) is 17.1. The summed E-state index contributed by atoms with van der Waals surface area (Å²) in [5.41, 5.74) is -0.233. The first-order valence-electron chi connectivity index (χ1n) is 6.70. The molecule has 17 heavy (non-hydrogen) atoms. The summed E-state index contributed by atoms with van der Waals surface area (Å²) in [6.45, 7) is 15.8. The zero-order valence-corrected chi connectivity index (χ0v) is 13.9. The lowest BCUT2D eigenvalue weighted by molar-refractivity contribution is 0.0333. The van der Waals surface area contributed by atoms with Gasteiger partial charge >= 0.3 is 9.28 Å². The summed E-state index contributed by atoms with van der Waals surface area (Å²) in [5.74, 6) is 0. The topological polar surface area (TPSA) is 30.5 Å². The van der Waals surface area contributed by atoms with Gasteiger partial charge in [0.2, 0.25) is 0 Å². The summed E-state index contributed by atoms with van der Waals surface area (Å²) in [6.07, 6.45) is 3.32. The smallest absolute Gasteiger partial charge is 0.336 e. The van der Waals surface area contributed by atoms with Gasteiger partial charge in [0.1, 0.15) is 0 Å². The second-order valence-corrected chi connectivity index (χ2v) is 8.19. The van der Waals surface area contributed by atoms with Gasteiger partial charge < -0.3 is 14.2 Å². The van der Waals surface area contributed by atoms with Gasteiger partial charge in [-0.15, -0.1) is 0 Å². The molecule has 0 rings (SSSR count). The van der Waals surface area contributed by atoms with Crippen molar-refractivity contribution in [1.82, 2.24) is 5.32 Å². The molecule has 0 fully saturated rings. The second-order valence-electron chi connectivity index (χ2n) is 6.45. The molecule has 0 aliphatic heterocycles. The quantitative estimate of drug-likeness (QED) is 0.565. The van der Waals surface area contributed by atoms with Gasteiger partial charge in [-0.05, 0) is 54.5 Å². The molecule has 0 unspecified atom stereocenters. The third kappa shape index (κ3) is 12.3. The van der Waals surface area contributed by atoms with Gasteiger partial charge in [-0.3, -0.25) is 0 Å². The molecular weight excluding hydrogens is 230 g/mol. The Hall–Kier alpha value is 0.0969. The van der Waals surface area contributed by atoms with Gasteiger partial charge in [-0.1, -0.05) is 13.3 Å². The molecule has 0 saturated carbocycles. The molecule has 0 bridgehead atoms. The standard InChI is InChI=1S/C13H31NO2Si/c1-8-9-10-14-11-17(15-12(2,3)4)16-13(5,6)7/h14,17H,8-11H2,1-7H3. The summed E-state index contributed by atoms with van der Waals surface area (Å²) >= 11 is 0. The van der Waals surface area contributed by atoms with Gasteiger partial charge in [0.25, 0.3) is 0 Å². The molecular formula is C13H31NO2Si. The van der Waals surface area contributed by atoms with Crippen molar-refractivity contribution in [2.75, 3.05) is 12.7 Å². The summed E-state index contributed by atoms with van der Waals surface area (Å²) in [5, 5.41) is 3.44. The highest BCUT2D eigenvalue weighted by Crippen LogP contribution is 2.15. The van der Waals surface area contributed by atoms with Crippen LogP contribution in [-0.2, 0) is 8.85 Å². The highest BCUT2D eigenvalue weighted by atomic mass is 28.3. The fraction of sp³-hybridized carbons (Fsp3) is 1.00. The lowest BCUT2D eigenvalue weighted by Crippen LogP contribution is -2.45. The van der Waals surface area contributed by atoms with Crippen LogP contribution in [0.15, 0.2) is 0 Å². The lowest BCUT2D eigenvalue weighted by Gasteiger charge is -2.32. The Bertz CT molecular complexity index is 181. The maximum absolute atomic E-state index is 6.05. The number of unbranched alkanes of at least 4 members (excludes halogenated alkanes) is 1. The molecule has 0 heterocycles. The molecule has 0 amide bonds. The van der Waals surface area contributed by atoms with Crippen molar-refractivity contribution in [1.29, 1.82) is 0 Å². The van der Waals surface area contributed by atoms with Crippen LogP contribution in [0.4, 0.5) is 0 Å². The molecule has 0 aromatic heterocycles. The summed E-state index contributed by atoms with van der Waals surface area (Å²) in [4.78, 5) is 0. The van der Waals surface area contributed by atoms with E-state index in [1.807, 2.05) is 0 Å². The number of rotatable bonds is 7. The predicted octanol–water partition coefficient (Wildman–Crippen LogP) is 2.77. The number of nitrogens with one attached hydrogen (secondary N) is 1. The van der Waals surface area contributed by atoms with E-state index in [4.69, 9.17) is 8.85 Å². The molecule has 0 radical (unpaired) electrons. The molecule has 4 heteroatoms. The fourth-order valence-corrected chi connectivity index (χ4v) is 3.65. The van der Waals surface area contributed by atoms with E-state index in [2.05, 4.69) is 53.8 Å². The van der Waals surface area contributed by atoms with E-state index in [0.29, 0.717) is 0 Å². The minimum absolute atomic E-state index is 0.116. The second kappa shape index (κ2) is 7.51. The van der Waals surface area contributed by atoms with Gasteiger partial charge in [0, 0.05) is 17.4 Å². The van der Waals surface area contributed by atoms with E-state index in [9.17, 15) is 0 Å². The average molecular weight is 261 g/mol. The minimum atomic E-state index is -1.64. The van der Waals surface area contributed by atoms with Gasteiger partial charge in [0.15, 0.2) is 0 Å². The average Bonchev–Trinajstić information content (AvgIpc) is 2.06. The zero-order valence-electron chi connectivity index (χ0n) is 12.7. The summed E-state index contributed by atoms with van der Waals surface area (Å²) in [7, 11) is -1.64. The molecule has 0 aliphatic rings. The van der Waals surface area contributed by atoms with E-state index in [1.165, 1.54) is 12.8 Å².